The third-order valence-corrected chi connectivity index (χ3v) is 5.38. The van der Waals surface area contributed by atoms with Crippen molar-refractivity contribution in [1.29, 1.82) is 0 Å². The lowest BCUT2D eigenvalue weighted by atomic mass is 10.0. The summed E-state index contributed by atoms with van der Waals surface area (Å²) in [4.78, 5) is 32.4. The molecule has 2 aliphatic rings. The molecule has 9 heteroatoms. The zero-order chi connectivity index (χ0) is 19.7. The Morgan fingerprint density at radius 3 is 2.44 bits per heavy atom. The SMILES string of the molecule is COc1cc(N(C)C)c([N+](=O)[O-])cc1C(=O)ON=C1C[C@@H]2CC[C@@H](C1)N2C. The van der Waals surface area contributed by atoms with Gasteiger partial charge in [0.2, 0.25) is 0 Å². The summed E-state index contributed by atoms with van der Waals surface area (Å²) >= 11 is 0. The number of benzene rings is 1. The van der Waals surface area contributed by atoms with E-state index in [1.54, 1.807) is 19.0 Å². The van der Waals surface area contributed by atoms with E-state index in [1.165, 1.54) is 19.2 Å². The zero-order valence-corrected chi connectivity index (χ0v) is 16.0. The van der Waals surface area contributed by atoms with Gasteiger partial charge in [-0.3, -0.25) is 15.0 Å². The first-order valence-electron chi connectivity index (χ1n) is 8.84. The third kappa shape index (κ3) is 3.73. The van der Waals surface area contributed by atoms with Gasteiger partial charge in [0.1, 0.15) is 17.0 Å². The highest BCUT2D eigenvalue weighted by Crippen LogP contribution is 2.35. The monoisotopic (exact) mass is 376 g/mol. The van der Waals surface area contributed by atoms with Gasteiger partial charge in [-0.05, 0) is 19.9 Å². The van der Waals surface area contributed by atoms with E-state index < -0.39 is 10.9 Å². The quantitative estimate of drug-likeness (QED) is 0.442. The van der Waals surface area contributed by atoms with Gasteiger partial charge in [-0.15, -0.1) is 0 Å². The number of hydrogen-bond acceptors (Lipinski definition) is 8. The fraction of sp³-hybridized carbons (Fsp3) is 0.556. The number of fused-ring (bicyclic) bond motifs is 2. The number of hydrogen-bond donors (Lipinski definition) is 0. The molecule has 0 unspecified atom stereocenters. The number of anilines is 1. The Hall–Kier alpha value is -2.68. The molecule has 0 spiro atoms. The van der Waals surface area contributed by atoms with Crippen molar-refractivity contribution in [2.45, 2.75) is 37.8 Å². The first-order chi connectivity index (χ1) is 12.8. The van der Waals surface area contributed by atoms with E-state index in [0.29, 0.717) is 17.8 Å². The predicted molar refractivity (Wildman–Crippen MR) is 101 cm³/mol. The van der Waals surface area contributed by atoms with Gasteiger partial charge < -0.3 is 14.5 Å². The van der Waals surface area contributed by atoms with Crippen LogP contribution in [0.25, 0.3) is 0 Å². The zero-order valence-electron chi connectivity index (χ0n) is 16.0. The summed E-state index contributed by atoms with van der Waals surface area (Å²) in [5.74, 6) is -0.558. The Morgan fingerprint density at radius 1 is 1.30 bits per heavy atom. The van der Waals surface area contributed by atoms with E-state index in [2.05, 4.69) is 17.1 Å². The largest absolute Gasteiger partial charge is 0.496 e. The lowest BCUT2D eigenvalue weighted by molar-refractivity contribution is -0.384. The molecule has 3 rings (SSSR count). The molecular weight excluding hydrogens is 352 g/mol. The summed E-state index contributed by atoms with van der Waals surface area (Å²) in [5, 5.41) is 15.4. The predicted octanol–water partition coefficient (Wildman–Crippen LogP) is 2.44. The molecule has 2 fully saturated rings. The second kappa shape index (κ2) is 7.51. The Morgan fingerprint density at radius 2 is 1.93 bits per heavy atom. The number of methoxy groups -OCH3 is 1. The van der Waals surface area contributed by atoms with E-state index >= 15 is 0 Å². The molecule has 0 aliphatic carbocycles. The normalized spacial score (nSPS) is 21.7. The Labute approximate surface area is 157 Å². The van der Waals surface area contributed by atoms with Crippen LogP contribution in [-0.4, -0.2) is 61.8 Å². The van der Waals surface area contributed by atoms with Gasteiger partial charge in [-0.2, -0.15) is 0 Å². The maximum absolute atomic E-state index is 12.5. The molecule has 2 bridgehead atoms. The topological polar surface area (TPSA) is 97.5 Å². The smallest absolute Gasteiger partial charge is 0.369 e. The lowest BCUT2D eigenvalue weighted by Gasteiger charge is -2.31. The number of nitrogens with zero attached hydrogens (tertiary/aromatic N) is 4. The molecule has 2 heterocycles. The number of rotatable bonds is 5. The second-order valence-electron chi connectivity index (χ2n) is 7.19. The number of oxime groups is 1. The maximum atomic E-state index is 12.5. The van der Waals surface area contributed by atoms with Gasteiger partial charge in [0.15, 0.2) is 0 Å². The van der Waals surface area contributed by atoms with Crippen molar-refractivity contribution in [3.05, 3.63) is 27.8 Å². The molecule has 0 N–H and O–H groups in total. The highest BCUT2D eigenvalue weighted by atomic mass is 16.7. The van der Waals surface area contributed by atoms with Crippen molar-refractivity contribution in [3.8, 4) is 5.75 Å². The van der Waals surface area contributed by atoms with Gasteiger partial charge in [0, 0.05) is 51.2 Å². The molecule has 1 aromatic carbocycles. The van der Waals surface area contributed by atoms with Crippen molar-refractivity contribution in [2.75, 3.05) is 33.2 Å². The van der Waals surface area contributed by atoms with Crippen molar-refractivity contribution in [3.63, 3.8) is 0 Å². The molecule has 2 saturated heterocycles. The summed E-state index contributed by atoms with van der Waals surface area (Å²) in [6.07, 6.45) is 3.80. The third-order valence-electron chi connectivity index (χ3n) is 5.38. The number of carbonyl (C=O) groups is 1. The molecule has 0 saturated carbocycles. The summed E-state index contributed by atoms with van der Waals surface area (Å²) in [5.41, 5.74) is 0.978. The molecule has 9 nitrogen and oxygen atoms in total. The maximum Gasteiger partial charge on any atom is 0.369 e. The van der Waals surface area contributed by atoms with E-state index in [9.17, 15) is 14.9 Å². The summed E-state index contributed by atoms with van der Waals surface area (Å²) in [6, 6.07) is 3.51. The average molecular weight is 376 g/mol. The van der Waals surface area contributed by atoms with Crippen molar-refractivity contribution in [1.82, 2.24) is 4.90 Å². The standard InChI is InChI=1S/C18H24N4O5/c1-20(2)15-10-17(26-4)14(9-16(15)22(24)25)18(23)27-19-11-7-12-5-6-13(8-11)21(12)3/h9-10,12-13H,5-8H2,1-4H3/t12-,13-/m0/s1. The minimum absolute atomic E-state index is 0.0185. The van der Waals surface area contributed by atoms with Crippen LogP contribution in [0.2, 0.25) is 0 Å². The Kier molecular flexibility index (Phi) is 5.31. The number of carbonyl (C=O) groups excluding carboxylic acids is 1. The highest BCUT2D eigenvalue weighted by molar-refractivity contribution is 5.95. The van der Waals surface area contributed by atoms with Crippen molar-refractivity contribution < 1.29 is 19.3 Å². The first kappa shape index (κ1) is 19.1. The molecule has 2 atom stereocenters. The lowest BCUT2D eigenvalue weighted by Crippen LogP contribution is -2.40. The van der Waals surface area contributed by atoms with Gasteiger partial charge in [-0.25, -0.2) is 4.79 Å². The number of nitro groups is 1. The summed E-state index contributed by atoms with van der Waals surface area (Å²) < 4.78 is 5.24. The summed E-state index contributed by atoms with van der Waals surface area (Å²) in [7, 11) is 6.87. The van der Waals surface area contributed by atoms with Gasteiger partial charge in [0.05, 0.1) is 17.7 Å². The van der Waals surface area contributed by atoms with Gasteiger partial charge >= 0.3 is 5.97 Å². The fourth-order valence-corrected chi connectivity index (χ4v) is 3.83. The molecule has 0 radical (unpaired) electrons. The van der Waals surface area contributed by atoms with Crippen molar-refractivity contribution >= 4 is 23.1 Å². The van der Waals surface area contributed by atoms with Crippen LogP contribution in [0, 0.1) is 10.1 Å². The first-order valence-corrected chi connectivity index (χ1v) is 8.84. The minimum Gasteiger partial charge on any atom is -0.496 e. The highest BCUT2D eigenvalue weighted by Gasteiger charge is 2.37. The number of ether oxygens (including phenoxy) is 1. The van der Waals surface area contributed by atoms with Crippen LogP contribution in [0.3, 0.4) is 0 Å². The van der Waals surface area contributed by atoms with Gasteiger partial charge in [-0.1, -0.05) is 5.16 Å². The van der Waals surface area contributed by atoms with Crippen LogP contribution >= 0.6 is 0 Å². The van der Waals surface area contributed by atoms with E-state index in [0.717, 1.165) is 31.4 Å². The number of nitro benzene ring substituents is 1. The van der Waals surface area contributed by atoms with E-state index in [1.807, 2.05) is 0 Å². The molecule has 27 heavy (non-hydrogen) atoms. The molecule has 0 amide bonds. The fourth-order valence-electron chi connectivity index (χ4n) is 3.83. The van der Waals surface area contributed by atoms with Crippen LogP contribution in [0.1, 0.15) is 36.0 Å². The molecule has 2 aliphatic heterocycles. The molecular formula is C18H24N4O5. The molecule has 146 valence electrons. The van der Waals surface area contributed by atoms with Crippen LogP contribution in [0.15, 0.2) is 17.3 Å². The minimum atomic E-state index is -0.765. The van der Waals surface area contributed by atoms with Crippen LogP contribution < -0.4 is 9.64 Å². The van der Waals surface area contributed by atoms with Crippen LogP contribution in [-0.2, 0) is 4.84 Å². The molecule has 1 aromatic rings. The number of piperidine rings is 1. The van der Waals surface area contributed by atoms with E-state index in [-0.39, 0.29) is 17.0 Å². The summed E-state index contributed by atoms with van der Waals surface area (Å²) in [6.45, 7) is 0. The Balaban J connectivity index is 1.83. The molecule has 0 aromatic heterocycles. The van der Waals surface area contributed by atoms with Crippen LogP contribution in [0.5, 0.6) is 5.75 Å². The van der Waals surface area contributed by atoms with Crippen molar-refractivity contribution in [2.24, 2.45) is 5.16 Å². The Bertz CT molecular complexity index is 776. The van der Waals surface area contributed by atoms with E-state index in [4.69, 9.17) is 9.57 Å². The average Bonchev–Trinajstić information content (AvgIpc) is 2.85. The van der Waals surface area contributed by atoms with Crippen LogP contribution in [0.4, 0.5) is 11.4 Å². The second-order valence-corrected chi connectivity index (χ2v) is 7.19. The van der Waals surface area contributed by atoms with Gasteiger partial charge in [0.25, 0.3) is 5.69 Å².